The van der Waals surface area contributed by atoms with Gasteiger partial charge in [0, 0.05) is 26.8 Å². The zero-order valence-electron chi connectivity index (χ0n) is 13.4. The van der Waals surface area contributed by atoms with Crippen molar-refractivity contribution in [2.45, 2.75) is 6.04 Å². The fourth-order valence-corrected chi connectivity index (χ4v) is 2.85. The van der Waals surface area contributed by atoms with Gasteiger partial charge in [0.15, 0.2) is 0 Å². The minimum Gasteiger partial charge on any atom is -0.363 e. The second-order valence-corrected chi connectivity index (χ2v) is 6.33. The Labute approximate surface area is 135 Å². The molecule has 0 spiro atoms. The van der Waals surface area contributed by atoms with Crippen molar-refractivity contribution in [2.24, 2.45) is 0 Å². The number of hydrogen-bond acceptors (Lipinski definition) is 5. The summed E-state index contributed by atoms with van der Waals surface area (Å²) in [6, 6.07) is 5.91. The van der Waals surface area contributed by atoms with Crippen LogP contribution >= 0.6 is 11.3 Å². The summed E-state index contributed by atoms with van der Waals surface area (Å²) in [7, 11) is 7.87. The molecule has 1 N–H and O–H groups in total. The molecule has 22 heavy (non-hydrogen) atoms. The molecule has 2 heterocycles. The van der Waals surface area contributed by atoms with E-state index in [0.29, 0.717) is 12.1 Å². The molecular weight excluding hydrogens is 296 g/mol. The average Bonchev–Trinajstić information content (AvgIpc) is 3.01. The Morgan fingerprint density at radius 3 is 2.55 bits per heavy atom. The molecule has 0 radical (unpaired) electrons. The number of anilines is 1. The largest absolute Gasteiger partial charge is 0.363 e. The number of thiophene rings is 1. The molecule has 2 aromatic rings. The van der Waals surface area contributed by atoms with Crippen LogP contribution in [-0.4, -0.2) is 50.5 Å². The normalized spacial score (nSPS) is 12.2. The van der Waals surface area contributed by atoms with E-state index in [2.05, 4.69) is 32.0 Å². The summed E-state index contributed by atoms with van der Waals surface area (Å²) >= 11 is 1.67. The Morgan fingerprint density at radius 2 is 2.05 bits per heavy atom. The molecule has 0 aromatic carbocycles. The lowest BCUT2D eigenvalue weighted by molar-refractivity contribution is 0.0941. The van der Waals surface area contributed by atoms with Gasteiger partial charge in [-0.3, -0.25) is 4.79 Å². The molecule has 0 fully saturated rings. The van der Waals surface area contributed by atoms with E-state index in [-0.39, 0.29) is 11.9 Å². The maximum absolute atomic E-state index is 12.2. The van der Waals surface area contributed by atoms with Gasteiger partial charge in [-0.25, -0.2) is 4.98 Å². The van der Waals surface area contributed by atoms with Crippen LogP contribution in [0.5, 0.6) is 0 Å². The molecular formula is C16H22N4OS. The average molecular weight is 318 g/mol. The predicted octanol–water partition coefficient (Wildman–Crippen LogP) is 2.24. The highest BCUT2D eigenvalue weighted by atomic mass is 32.1. The Hall–Kier alpha value is -1.92. The molecule has 0 unspecified atom stereocenters. The van der Waals surface area contributed by atoms with Gasteiger partial charge in [0.25, 0.3) is 5.91 Å². The van der Waals surface area contributed by atoms with Crippen molar-refractivity contribution < 1.29 is 4.79 Å². The van der Waals surface area contributed by atoms with E-state index in [4.69, 9.17) is 0 Å². The number of amides is 1. The minimum atomic E-state index is -0.0973. The fraction of sp³-hybridized carbons (Fsp3) is 0.375. The summed E-state index contributed by atoms with van der Waals surface area (Å²) < 4.78 is 0. The van der Waals surface area contributed by atoms with Crippen molar-refractivity contribution in [1.29, 1.82) is 0 Å². The predicted molar refractivity (Wildman–Crippen MR) is 91.6 cm³/mol. The molecule has 0 saturated carbocycles. The van der Waals surface area contributed by atoms with E-state index < -0.39 is 0 Å². The summed E-state index contributed by atoms with van der Waals surface area (Å²) in [4.78, 5) is 20.5. The number of likely N-dealkylation sites (N-methyl/N-ethyl adjacent to an activating group) is 1. The van der Waals surface area contributed by atoms with Crippen LogP contribution in [-0.2, 0) is 0 Å². The Balaban J connectivity index is 1.99. The van der Waals surface area contributed by atoms with Crippen molar-refractivity contribution in [3.05, 3.63) is 46.3 Å². The van der Waals surface area contributed by atoms with E-state index in [1.54, 1.807) is 23.6 Å². The SMILES string of the molecule is CN(C)c1ccc(C(=O)NC[C@H](c2ccsc2)N(C)C)cn1. The molecule has 0 aliphatic rings. The van der Waals surface area contributed by atoms with Crippen molar-refractivity contribution in [3.8, 4) is 0 Å². The molecule has 2 aromatic heterocycles. The van der Waals surface area contributed by atoms with E-state index in [0.717, 1.165) is 5.82 Å². The molecule has 6 heteroatoms. The molecule has 5 nitrogen and oxygen atoms in total. The fourth-order valence-electron chi connectivity index (χ4n) is 2.14. The lowest BCUT2D eigenvalue weighted by Crippen LogP contribution is -2.34. The van der Waals surface area contributed by atoms with Crippen LogP contribution in [0.15, 0.2) is 35.2 Å². The van der Waals surface area contributed by atoms with Gasteiger partial charge in [0.2, 0.25) is 0 Å². The zero-order valence-corrected chi connectivity index (χ0v) is 14.2. The highest BCUT2D eigenvalue weighted by molar-refractivity contribution is 7.07. The number of pyridine rings is 1. The molecule has 1 amide bonds. The quantitative estimate of drug-likeness (QED) is 0.887. The van der Waals surface area contributed by atoms with Crippen LogP contribution in [0.3, 0.4) is 0 Å². The van der Waals surface area contributed by atoms with Crippen LogP contribution in [0.25, 0.3) is 0 Å². The minimum absolute atomic E-state index is 0.0973. The topological polar surface area (TPSA) is 48.5 Å². The Kier molecular flexibility index (Phi) is 5.51. The molecule has 0 aliphatic heterocycles. The summed E-state index contributed by atoms with van der Waals surface area (Å²) in [5.74, 6) is 0.737. The highest BCUT2D eigenvalue weighted by Crippen LogP contribution is 2.20. The lowest BCUT2D eigenvalue weighted by Gasteiger charge is -2.24. The van der Waals surface area contributed by atoms with Gasteiger partial charge in [0.05, 0.1) is 11.6 Å². The van der Waals surface area contributed by atoms with E-state index >= 15 is 0 Å². The van der Waals surface area contributed by atoms with Gasteiger partial charge in [-0.15, -0.1) is 0 Å². The summed E-state index contributed by atoms with van der Waals surface area (Å²) in [5.41, 5.74) is 1.80. The highest BCUT2D eigenvalue weighted by Gasteiger charge is 2.16. The first-order valence-corrected chi connectivity index (χ1v) is 8.03. The molecule has 0 aliphatic carbocycles. The molecule has 0 bridgehead atoms. The van der Waals surface area contributed by atoms with Crippen LogP contribution < -0.4 is 10.2 Å². The van der Waals surface area contributed by atoms with E-state index in [1.165, 1.54) is 5.56 Å². The van der Waals surface area contributed by atoms with Gasteiger partial charge in [-0.2, -0.15) is 11.3 Å². The number of rotatable bonds is 6. The third-order valence-corrected chi connectivity index (χ3v) is 4.18. The number of nitrogens with zero attached hydrogens (tertiary/aromatic N) is 3. The van der Waals surface area contributed by atoms with Crippen molar-refractivity contribution in [3.63, 3.8) is 0 Å². The van der Waals surface area contributed by atoms with Crippen LogP contribution in [0.2, 0.25) is 0 Å². The molecule has 118 valence electrons. The molecule has 1 atom stereocenters. The first-order valence-electron chi connectivity index (χ1n) is 7.09. The van der Waals surface area contributed by atoms with Gasteiger partial charge in [0.1, 0.15) is 5.82 Å². The number of hydrogen-bond donors (Lipinski definition) is 1. The zero-order chi connectivity index (χ0) is 16.1. The Bertz CT molecular complexity index is 593. The molecule has 2 rings (SSSR count). The van der Waals surface area contributed by atoms with Gasteiger partial charge in [-0.1, -0.05) is 0 Å². The standard InChI is InChI=1S/C16H22N4OS/c1-19(2)14(13-7-8-22-11-13)10-18-16(21)12-5-6-15(17-9-12)20(3)4/h5-9,11,14H,10H2,1-4H3,(H,18,21)/t14-/m1/s1. The third kappa shape index (κ3) is 4.05. The third-order valence-electron chi connectivity index (χ3n) is 3.48. The summed E-state index contributed by atoms with van der Waals surface area (Å²) in [6.45, 7) is 0.567. The molecule has 0 saturated heterocycles. The summed E-state index contributed by atoms with van der Waals surface area (Å²) in [5, 5.41) is 7.16. The van der Waals surface area contributed by atoms with Gasteiger partial charge >= 0.3 is 0 Å². The number of carbonyl (C=O) groups is 1. The van der Waals surface area contributed by atoms with Crippen LogP contribution in [0.1, 0.15) is 22.0 Å². The van der Waals surface area contributed by atoms with Gasteiger partial charge in [-0.05, 0) is 48.6 Å². The second-order valence-electron chi connectivity index (χ2n) is 5.55. The van der Waals surface area contributed by atoms with Crippen molar-refractivity contribution >= 4 is 23.1 Å². The van der Waals surface area contributed by atoms with E-state index in [9.17, 15) is 4.79 Å². The summed E-state index contributed by atoms with van der Waals surface area (Å²) in [6.07, 6.45) is 1.61. The Morgan fingerprint density at radius 1 is 1.27 bits per heavy atom. The first kappa shape index (κ1) is 16.5. The van der Waals surface area contributed by atoms with Crippen LogP contribution in [0.4, 0.5) is 5.82 Å². The van der Waals surface area contributed by atoms with Crippen molar-refractivity contribution in [2.75, 3.05) is 39.6 Å². The van der Waals surface area contributed by atoms with Crippen LogP contribution in [0, 0.1) is 0 Å². The van der Waals surface area contributed by atoms with Crippen molar-refractivity contribution in [1.82, 2.24) is 15.2 Å². The number of carbonyl (C=O) groups excluding carboxylic acids is 1. The first-order chi connectivity index (χ1) is 10.5. The number of nitrogens with one attached hydrogen (secondary N) is 1. The smallest absolute Gasteiger partial charge is 0.252 e. The second kappa shape index (κ2) is 7.38. The maximum Gasteiger partial charge on any atom is 0.252 e. The monoisotopic (exact) mass is 318 g/mol. The van der Waals surface area contributed by atoms with Gasteiger partial charge < -0.3 is 15.1 Å². The maximum atomic E-state index is 12.2. The number of aromatic nitrogens is 1. The lowest BCUT2D eigenvalue weighted by atomic mass is 10.1. The van der Waals surface area contributed by atoms with E-state index in [1.807, 2.05) is 39.2 Å².